The summed E-state index contributed by atoms with van der Waals surface area (Å²) in [5.41, 5.74) is 0.741. The Balaban J connectivity index is 2.06. The van der Waals surface area contributed by atoms with Crippen molar-refractivity contribution in [3.05, 3.63) is 0 Å². The van der Waals surface area contributed by atoms with E-state index < -0.39 is 6.69 Å². The Labute approximate surface area is 102 Å². The summed E-state index contributed by atoms with van der Waals surface area (Å²) < 4.78 is 10.7. The summed E-state index contributed by atoms with van der Waals surface area (Å²) in [6, 6.07) is 0. The highest BCUT2D eigenvalue weighted by Crippen LogP contribution is 2.52. The molecule has 2 rings (SSSR count). The van der Waals surface area contributed by atoms with Crippen LogP contribution in [0.3, 0.4) is 0 Å². The van der Waals surface area contributed by atoms with Gasteiger partial charge >= 0.3 is 0 Å². The van der Waals surface area contributed by atoms with Gasteiger partial charge in [0.05, 0.1) is 25.4 Å². The van der Waals surface area contributed by atoms with Crippen molar-refractivity contribution in [2.45, 2.75) is 50.0 Å². The summed E-state index contributed by atoms with van der Waals surface area (Å²) in [5, 5.41) is 0. The van der Waals surface area contributed by atoms with Crippen LogP contribution in [-0.2, 0) is 9.47 Å². The molecule has 0 bridgehead atoms. The molecular weight excluding hydrogens is 251 g/mol. The lowest BCUT2D eigenvalue weighted by atomic mass is 10.2. The molecule has 0 radical (unpaired) electrons. The van der Waals surface area contributed by atoms with Gasteiger partial charge in [0.25, 0.3) is 6.69 Å². The van der Waals surface area contributed by atoms with E-state index in [9.17, 15) is 0 Å². The van der Waals surface area contributed by atoms with Crippen LogP contribution in [0.1, 0.15) is 26.7 Å². The van der Waals surface area contributed by atoms with Crippen LogP contribution >= 0.6 is 22.2 Å². The third-order valence-electron chi connectivity index (χ3n) is 3.48. The van der Waals surface area contributed by atoms with Gasteiger partial charge in [0.1, 0.15) is 0 Å². The highest BCUT2D eigenvalue weighted by molar-refractivity contribution is 7.46. The van der Waals surface area contributed by atoms with Crippen molar-refractivity contribution in [3.63, 3.8) is 0 Å². The first-order chi connectivity index (χ1) is 7.11. The van der Waals surface area contributed by atoms with E-state index in [2.05, 4.69) is 13.8 Å². The molecular formula is C10H18Cl2O2Si. The lowest BCUT2D eigenvalue weighted by molar-refractivity contribution is 0.378. The summed E-state index contributed by atoms with van der Waals surface area (Å²) in [5.74, 6) is 0. The minimum atomic E-state index is -2.27. The van der Waals surface area contributed by atoms with Crippen molar-refractivity contribution in [2.75, 3.05) is 13.2 Å². The average molecular weight is 269 g/mol. The maximum atomic E-state index is 6.68. The first-order valence-corrected chi connectivity index (χ1v) is 9.90. The fourth-order valence-corrected chi connectivity index (χ4v) is 8.97. The van der Waals surface area contributed by atoms with Gasteiger partial charge < -0.3 is 9.47 Å². The summed E-state index contributed by atoms with van der Waals surface area (Å²) >= 11 is 13.4. The summed E-state index contributed by atoms with van der Waals surface area (Å²) in [6.07, 6.45) is 2.69. The lowest BCUT2D eigenvalue weighted by Crippen LogP contribution is -2.38. The number of halogens is 2. The summed E-state index contributed by atoms with van der Waals surface area (Å²) in [6.45, 7) is 3.72. The molecule has 2 aliphatic rings. The molecule has 2 heterocycles. The molecule has 0 N–H and O–H groups in total. The van der Waals surface area contributed by atoms with E-state index in [1.807, 2.05) is 0 Å². The van der Waals surface area contributed by atoms with E-state index in [1.54, 1.807) is 0 Å². The van der Waals surface area contributed by atoms with Crippen LogP contribution in [0.15, 0.2) is 0 Å². The second-order valence-electron chi connectivity index (χ2n) is 4.45. The van der Waals surface area contributed by atoms with Crippen molar-refractivity contribution >= 4 is 28.9 Å². The Morgan fingerprint density at radius 2 is 1.40 bits per heavy atom. The number of epoxide rings is 2. The van der Waals surface area contributed by atoms with Crippen molar-refractivity contribution in [1.29, 1.82) is 0 Å². The smallest absolute Gasteiger partial charge is 0.262 e. The molecule has 4 unspecified atom stereocenters. The van der Waals surface area contributed by atoms with Crippen molar-refractivity contribution in [2.24, 2.45) is 0 Å². The number of ether oxygens (including phenoxy) is 2. The second kappa shape index (κ2) is 4.53. The first-order valence-electron chi connectivity index (χ1n) is 5.72. The Morgan fingerprint density at radius 1 is 1.07 bits per heavy atom. The van der Waals surface area contributed by atoms with E-state index in [-0.39, 0.29) is 0 Å². The highest BCUT2D eigenvalue weighted by atomic mass is 35.7. The van der Waals surface area contributed by atoms with Gasteiger partial charge in [-0.15, -0.1) is 22.2 Å². The van der Waals surface area contributed by atoms with E-state index in [0.29, 0.717) is 23.3 Å². The van der Waals surface area contributed by atoms with Crippen LogP contribution in [0.4, 0.5) is 0 Å². The average Bonchev–Trinajstić information content (AvgIpc) is 2.99. The second-order valence-corrected chi connectivity index (χ2v) is 11.6. The van der Waals surface area contributed by atoms with E-state index in [0.717, 1.165) is 26.1 Å². The zero-order valence-corrected chi connectivity index (χ0v) is 11.7. The molecule has 0 aromatic rings. The molecule has 2 fully saturated rings. The number of hydrogen-bond acceptors (Lipinski definition) is 2. The third kappa shape index (κ3) is 2.52. The van der Waals surface area contributed by atoms with E-state index in [4.69, 9.17) is 31.6 Å². The molecule has 0 aromatic carbocycles. The van der Waals surface area contributed by atoms with Crippen LogP contribution in [-0.4, -0.2) is 32.1 Å². The van der Waals surface area contributed by atoms with Crippen LogP contribution < -0.4 is 0 Å². The summed E-state index contributed by atoms with van der Waals surface area (Å²) in [4.78, 5) is 0. The zero-order valence-electron chi connectivity index (χ0n) is 9.21. The maximum Gasteiger partial charge on any atom is 0.262 e. The topological polar surface area (TPSA) is 25.1 Å². The normalized spacial score (nSPS) is 33.6. The molecule has 0 aromatic heterocycles. The van der Waals surface area contributed by atoms with Gasteiger partial charge in [0.2, 0.25) is 0 Å². The number of hydrogen-bond donors (Lipinski definition) is 0. The Bertz CT molecular complexity index is 207. The molecule has 0 spiro atoms. The molecule has 2 aliphatic heterocycles. The van der Waals surface area contributed by atoms with Crippen LogP contribution in [0.5, 0.6) is 0 Å². The predicted molar refractivity (Wildman–Crippen MR) is 65.0 cm³/mol. The predicted octanol–water partition coefficient (Wildman–Crippen LogP) is 3.26. The van der Waals surface area contributed by atoms with Gasteiger partial charge in [0, 0.05) is 11.1 Å². The van der Waals surface area contributed by atoms with Gasteiger partial charge in [-0.3, -0.25) is 0 Å². The fourth-order valence-electron chi connectivity index (χ4n) is 2.42. The van der Waals surface area contributed by atoms with Crippen LogP contribution in [0, 0.1) is 0 Å². The molecule has 2 nitrogen and oxygen atoms in total. The lowest BCUT2D eigenvalue weighted by Gasteiger charge is -2.31. The first kappa shape index (κ1) is 12.2. The molecule has 15 heavy (non-hydrogen) atoms. The third-order valence-corrected chi connectivity index (χ3v) is 10.4. The van der Waals surface area contributed by atoms with Crippen LogP contribution in [0.25, 0.3) is 0 Å². The van der Waals surface area contributed by atoms with Crippen molar-refractivity contribution < 1.29 is 9.47 Å². The highest BCUT2D eigenvalue weighted by Gasteiger charge is 2.55. The molecule has 5 heteroatoms. The molecule has 2 saturated heterocycles. The molecule has 0 saturated carbocycles. The number of rotatable bonds is 6. The Morgan fingerprint density at radius 3 is 1.60 bits per heavy atom. The van der Waals surface area contributed by atoms with Crippen LogP contribution in [0.2, 0.25) is 11.1 Å². The quantitative estimate of drug-likeness (QED) is 0.420. The standard InChI is InChI=1S/C10H18Cl2O2Si/c1-3-9(7-5-13-7)15(11,12)10(4-2)8-6-14-8/h7-10H,3-6H2,1-2H3. The maximum absolute atomic E-state index is 6.68. The largest absolute Gasteiger partial charge is 0.373 e. The molecule has 4 atom stereocenters. The molecule has 0 amide bonds. The Kier molecular flexibility index (Phi) is 3.68. The molecule has 0 aliphatic carbocycles. The van der Waals surface area contributed by atoms with Gasteiger partial charge in [0.15, 0.2) is 0 Å². The minimum absolute atomic E-state index is 0.324. The zero-order chi connectivity index (χ0) is 11.1. The van der Waals surface area contributed by atoms with Gasteiger partial charge in [-0.1, -0.05) is 26.7 Å². The molecule has 88 valence electrons. The van der Waals surface area contributed by atoms with Crippen molar-refractivity contribution in [1.82, 2.24) is 0 Å². The SMILES string of the molecule is CCC(C1CO1)[Si](Cl)(Cl)C(CC)C1CO1. The van der Waals surface area contributed by atoms with E-state index >= 15 is 0 Å². The van der Waals surface area contributed by atoms with Crippen molar-refractivity contribution in [3.8, 4) is 0 Å². The monoisotopic (exact) mass is 268 g/mol. The minimum Gasteiger partial charge on any atom is -0.373 e. The van der Waals surface area contributed by atoms with Gasteiger partial charge in [-0.25, -0.2) is 0 Å². The summed E-state index contributed by atoms with van der Waals surface area (Å²) in [7, 11) is 0. The Hall–Kier alpha value is 0.717. The van der Waals surface area contributed by atoms with Gasteiger partial charge in [-0.05, 0) is 0 Å². The van der Waals surface area contributed by atoms with Gasteiger partial charge in [-0.2, -0.15) is 0 Å². The fraction of sp³-hybridized carbons (Fsp3) is 1.00. The van der Waals surface area contributed by atoms with E-state index in [1.165, 1.54) is 0 Å².